The van der Waals surface area contributed by atoms with Gasteiger partial charge in [-0.3, -0.25) is 10.6 Å². The van der Waals surface area contributed by atoms with Crippen LogP contribution in [-0.2, 0) is 4.79 Å². The molecule has 9 heteroatoms. The maximum atomic E-state index is 12.5. The van der Waals surface area contributed by atoms with Crippen LogP contribution >= 0.6 is 23.2 Å². The Kier molecular flexibility index (Phi) is 8.38. The highest BCUT2D eigenvalue weighted by atomic mass is 35.5. The van der Waals surface area contributed by atoms with Gasteiger partial charge in [0.05, 0.1) is 0 Å². The molecule has 1 amide bonds. The maximum absolute atomic E-state index is 12.5. The molecule has 1 aliphatic heterocycles. The van der Waals surface area contributed by atoms with Crippen LogP contribution < -0.4 is 22.7 Å². The Morgan fingerprint density at radius 2 is 1.46 bits per heavy atom. The van der Waals surface area contributed by atoms with Crippen molar-refractivity contribution in [1.29, 1.82) is 5.41 Å². The van der Waals surface area contributed by atoms with Crippen molar-refractivity contribution in [3.63, 3.8) is 0 Å². The summed E-state index contributed by atoms with van der Waals surface area (Å²) in [5, 5.41) is 10.3. The van der Waals surface area contributed by atoms with E-state index in [0.29, 0.717) is 52.9 Å². The van der Waals surface area contributed by atoms with E-state index in [2.05, 4.69) is 5.43 Å². The van der Waals surface area contributed by atoms with Crippen LogP contribution in [0.15, 0.2) is 78.6 Å². The van der Waals surface area contributed by atoms with Gasteiger partial charge in [-0.05, 0) is 65.9 Å². The molecule has 0 aromatic heterocycles. The highest BCUT2D eigenvalue weighted by molar-refractivity contribution is 6.30. The normalized spacial score (nSPS) is 14.6. The molecule has 4 rings (SSSR count). The first-order valence-corrected chi connectivity index (χ1v) is 12.7. The van der Waals surface area contributed by atoms with Crippen LogP contribution in [0.25, 0.3) is 0 Å². The monoisotopic (exact) mass is 536 g/mol. The topological polar surface area (TPSA) is 134 Å². The predicted octanol–water partition coefficient (Wildman–Crippen LogP) is 4.63. The summed E-state index contributed by atoms with van der Waals surface area (Å²) < 4.78 is 0. The van der Waals surface area contributed by atoms with E-state index in [1.165, 1.54) is 6.20 Å². The van der Waals surface area contributed by atoms with E-state index in [9.17, 15) is 4.79 Å². The summed E-state index contributed by atoms with van der Waals surface area (Å²) in [6.45, 7) is 1.01. The number of nitrogens with one attached hydrogen (secondary N) is 2. The summed E-state index contributed by atoms with van der Waals surface area (Å²) in [7, 11) is 0. The molecule has 0 bridgehead atoms. The Balaban J connectivity index is 1.61. The van der Waals surface area contributed by atoms with Crippen molar-refractivity contribution in [3.05, 3.63) is 111 Å². The molecule has 1 aliphatic rings. The SMILES string of the molecule is N=C(c1cc(C(c2ccc(Cl)cc2)c2ccc(Cl)cc2)ccc1N)C1CCN(C(=O)/C(N)=C/NN)CC1. The maximum Gasteiger partial charge on any atom is 0.271 e. The van der Waals surface area contributed by atoms with Gasteiger partial charge < -0.3 is 27.2 Å². The molecule has 0 aliphatic carbocycles. The van der Waals surface area contributed by atoms with E-state index in [4.69, 9.17) is 45.9 Å². The lowest BCUT2D eigenvalue weighted by Gasteiger charge is -2.32. The van der Waals surface area contributed by atoms with Crippen LogP contribution in [-0.4, -0.2) is 29.6 Å². The summed E-state index contributed by atoms with van der Waals surface area (Å²) >= 11 is 12.3. The number of carbonyl (C=O) groups excluding carboxylic acids is 1. The number of nitrogen functional groups attached to an aromatic ring is 1. The lowest BCUT2D eigenvalue weighted by molar-refractivity contribution is -0.128. The molecule has 8 N–H and O–H groups in total. The zero-order chi connectivity index (χ0) is 26.5. The second kappa shape index (κ2) is 11.7. The lowest BCUT2D eigenvalue weighted by atomic mass is 9.82. The minimum absolute atomic E-state index is 0.0241. The van der Waals surface area contributed by atoms with E-state index in [1.54, 1.807) is 4.90 Å². The molecule has 3 aromatic carbocycles. The van der Waals surface area contributed by atoms with Crippen molar-refractivity contribution in [2.24, 2.45) is 17.5 Å². The summed E-state index contributed by atoms with van der Waals surface area (Å²) in [5.74, 6) is 4.85. The third-order valence-electron chi connectivity index (χ3n) is 6.78. The second-order valence-corrected chi connectivity index (χ2v) is 10.0. The fourth-order valence-electron chi connectivity index (χ4n) is 4.80. The highest BCUT2D eigenvalue weighted by Crippen LogP contribution is 2.35. The predicted molar refractivity (Wildman–Crippen MR) is 150 cm³/mol. The number of nitrogens with two attached hydrogens (primary N) is 3. The van der Waals surface area contributed by atoms with E-state index >= 15 is 0 Å². The van der Waals surface area contributed by atoms with Crippen molar-refractivity contribution >= 4 is 40.5 Å². The molecule has 3 aromatic rings. The molecule has 0 atom stereocenters. The number of hydrazine groups is 1. The molecule has 1 saturated heterocycles. The van der Waals surface area contributed by atoms with Gasteiger partial charge in [-0.25, -0.2) is 0 Å². The van der Waals surface area contributed by atoms with Gasteiger partial charge in [-0.2, -0.15) is 0 Å². The number of carbonyl (C=O) groups is 1. The van der Waals surface area contributed by atoms with E-state index in [0.717, 1.165) is 16.7 Å². The summed E-state index contributed by atoms with van der Waals surface area (Å²) in [4.78, 5) is 14.2. The van der Waals surface area contributed by atoms with E-state index in [-0.39, 0.29) is 23.4 Å². The van der Waals surface area contributed by atoms with Gasteiger partial charge in [0, 0.05) is 58.1 Å². The van der Waals surface area contributed by atoms with Gasteiger partial charge in [0.1, 0.15) is 5.70 Å². The van der Waals surface area contributed by atoms with Crippen LogP contribution in [0.2, 0.25) is 10.0 Å². The summed E-state index contributed by atoms with van der Waals surface area (Å²) in [6.07, 6.45) is 2.57. The zero-order valence-corrected chi connectivity index (χ0v) is 21.8. The van der Waals surface area contributed by atoms with Gasteiger partial charge in [0.25, 0.3) is 5.91 Å². The average Bonchev–Trinajstić information content (AvgIpc) is 2.91. The van der Waals surface area contributed by atoms with Crippen LogP contribution in [0.1, 0.15) is 41.0 Å². The van der Waals surface area contributed by atoms with Gasteiger partial charge in [0.2, 0.25) is 0 Å². The van der Waals surface area contributed by atoms with Crippen LogP contribution in [0.3, 0.4) is 0 Å². The molecular weight excluding hydrogens is 507 g/mol. The van der Waals surface area contributed by atoms with Crippen molar-refractivity contribution in [3.8, 4) is 0 Å². The Bertz CT molecular complexity index is 1250. The molecular formula is C28H30Cl2N6O. The minimum atomic E-state index is -0.266. The number of amides is 1. The lowest BCUT2D eigenvalue weighted by Crippen LogP contribution is -2.42. The first-order chi connectivity index (χ1) is 17.8. The standard InChI is InChI=1S/C28H30Cl2N6O/c29-21-6-1-17(2-7-21)26(18-3-8-22(30)9-4-18)20-5-10-24(31)23(15-20)27(33)19-11-13-36(14-12-19)28(37)25(32)16-35-34/h1-10,15-16,19,26,33,35H,11-14,31-32,34H2/b25-16-,33-27?. The first kappa shape index (κ1) is 26.5. The van der Waals surface area contributed by atoms with E-state index < -0.39 is 0 Å². The number of benzene rings is 3. The smallest absolute Gasteiger partial charge is 0.271 e. The Morgan fingerprint density at radius 1 is 0.946 bits per heavy atom. The number of nitrogens with zero attached hydrogens (tertiary/aromatic N) is 1. The van der Waals surface area contributed by atoms with Gasteiger partial charge in [-0.15, -0.1) is 0 Å². The molecule has 0 radical (unpaired) electrons. The molecule has 7 nitrogen and oxygen atoms in total. The zero-order valence-electron chi connectivity index (χ0n) is 20.3. The fourth-order valence-corrected chi connectivity index (χ4v) is 5.05. The minimum Gasteiger partial charge on any atom is -0.398 e. The third kappa shape index (κ3) is 6.07. The summed E-state index contributed by atoms with van der Waals surface area (Å²) in [5.41, 5.74) is 19.4. The average molecular weight is 537 g/mol. The molecule has 0 saturated carbocycles. The van der Waals surface area contributed by atoms with Crippen LogP contribution in [0, 0.1) is 11.3 Å². The molecule has 0 unspecified atom stereocenters. The van der Waals surface area contributed by atoms with Gasteiger partial charge in [0.15, 0.2) is 0 Å². The number of hydrogen-bond donors (Lipinski definition) is 5. The second-order valence-electron chi connectivity index (χ2n) is 9.13. The van der Waals surface area contributed by atoms with Gasteiger partial charge >= 0.3 is 0 Å². The van der Waals surface area contributed by atoms with Crippen LogP contribution in [0.5, 0.6) is 0 Å². The third-order valence-corrected chi connectivity index (χ3v) is 7.29. The molecule has 1 heterocycles. The van der Waals surface area contributed by atoms with Crippen molar-refractivity contribution in [2.75, 3.05) is 18.8 Å². The molecule has 0 spiro atoms. The molecule has 192 valence electrons. The van der Waals surface area contributed by atoms with Crippen molar-refractivity contribution < 1.29 is 4.79 Å². The van der Waals surface area contributed by atoms with Crippen molar-refractivity contribution in [2.45, 2.75) is 18.8 Å². The Hall–Kier alpha value is -3.52. The molecule has 1 fully saturated rings. The van der Waals surface area contributed by atoms with E-state index in [1.807, 2.05) is 66.7 Å². The Morgan fingerprint density at radius 3 is 1.97 bits per heavy atom. The fraction of sp³-hybridized carbons (Fsp3) is 0.214. The highest BCUT2D eigenvalue weighted by Gasteiger charge is 2.28. The number of piperidine rings is 1. The number of halogens is 2. The van der Waals surface area contributed by atoms with Gasteiger partial charge in [-0.1, -0.05) is 53.5 Å². The number of rotatable bonds is 7. The summed E-state index contributed by atoms with van der Waals surface area (Å²) in [6, 6.07) is 21.4. The number of hydrogen-bond acceptors (Lipinski definition) is 6. The Labute approximate surface area is 226 Å². The first-order valence-electron chi connectivity index (χ1n) is 12.0. The largest absolute Gasteiger partial charge is 0.398 e. The molecule has 37 heavy (non-hydrogen) atoms. The van der Waals surface area contributed by atoms with Crippen LogP contribution in [0.4, 0.5) is 5.69 Å². The number of anilines is 1. The quantitative estimate of drug-likeness (QED) is 0.0749. The van der Waals surface area contributed by atoms with Crippen molar-refractivity contribution in [1.82, 2.24) is 10.3 Å². The number of likely N-dealkylation sites (tertiary alicyclic amines) is 1.